The number of nitrogens with zero attached hydrogens (tertiary/aromatic N) is 1. The van der Waals surface area contributed by atoms with Crippen molar-refractivity contribution in [3.8, 4) is 0 Å². The molecule has 0 atom stereocenters. The lowest BCUT2D eigenvalue weighted by molar-refractivity contribution is -0.128. The summed E-state index contributed by atoms with van der Waals surface area (Å²) >= 11 is 6.13. The van der Waals surface area contributed by atoms with E-state index in [9.17, 15) is 9.90 Å². The molecule has 0 radical (unpaired) electrons. The topological polar surface area (TPSA) is 61.8 Å². The fourth-order valence-corrected chi connectivity index (χ4v) is 2.16. The smallest absolute Gasteiger partial charge is 0.253 e. The lowest BCUT2D eigenvalue weighted by Gasteiger charge is -2.40. The van der Waals surface area contributed by atoms with Gasteiger partial charge in [-0.2, -0.15) is 0 Å². The zero-order valence-corrected chi connectivity index (χ0v) is 12.4. The van der Waals surface area contributed by atoms with Crippen molar-refractivity contribution in [1.82, 2.24) is 4.90 Å². The van der Waals surface area contributed by atoms with E-state index in [2.05, 4.69) is 5.32 Å². The molecule has 1 heterocycles. The van der Waals surface area contributed by atoms with Gasteiger partial charge in [-0.05, 0) is 18.2 Å². The maximum absolute atomic E-state index is 11.9. The molecule has 20 heavy (non-hydrogen) atoms. The van der Waals surface area contributed by atoms with Crippen LogP contribution in [-0.4, -0.2) is 56.4 Å². The maximum Gasteiger partial charge on any atom is 0.253 e. The van der Waals surface area contributed by atoms with E-state index in [0.717, 1.165) is 0 Å². The van der Waals surface area contributed by atoms with Crippen LogP contribution in [0, 0.1) is 5.41 Å². The number of hydrogen-bond acceptors (Lipinski definition) is 4. The minimum Gasteiger partial charge on any atom is -0.396 e. The molecule has 6 heteroatoms. The summed E-state index contributed by atoms with van der Waals surface area (Å²) in [5.41, 5.74) is 1.02. The Bertz CT molecular complexity index is 496. The molecule has 1 amide bonds. The molecule has 110 valence electrons. The first-order chi connectivity index (χ1) is 9.47. The largest absolute Gasteiger partial charge is 0.396 e. The number of amides is 1. The number of anilines is 1. The molecule has 1 fully saturated rings. The second kappa shape index (κ2) is 5.99. The summed E-state index contributed by atoms with van der Waals surface area (Å²) in [6.45, 7) is 1.69. The zero-order chi connectivity index (χ0) is 14.8. The first-order valence-corrected chi connectivity index (χ1v) is 6.79. The van der Waals surface area contributed by atoms with E-state index >= 15 is 0 Å². The van der Waals surface area contributed by atoms with Crippen LogP contribution in [0.15, 0.2) is 18.2 Å². The molecule has 2 rings (SSSR count). The van der Waals surface area contributed by atoms with Crippen LogP contribution in [0.25, 0.3) is 0 Å². The van der Waals surface area contributed by atoms with Gasteiger partial charge in [-0.1, -0.05) is 11.6 Å². The second-order valence-electron chi connectivity index (χ2n) is 5.40. The van der Waals surface area contributed by atoms with Crippen LogP contribution in [0.3, 0.4) is 0 Å². The van der Waals surface area contributed by atoms with Crippen LogP contribution >= 0.6 is 11.6 Å². The van der Waals surface area contributed by atoms with Crippen molar-refractivity contribution in [1.29, 1.82) is 0 Å². The quantitative estimate of drug-likeness (QED) is 0.864. The van der Waals surface area contributed by atoms with E-state index < -0.39 is 0 Å². The van der Waals surface area contributed by atoms with E-state index in [1.165, 1.54) is 4.90 Å². The molecule has 1 saturated heterocycles. The van der Waals surface area contributed by atoms with Crippen molar-refractivity contribution in [2.75, 3.05) is 45.8 Å². The van der Waals surface area contributed by atoms with Gasteiger partial charge in [0.15, 0.2) is 0 Å². The number of carbonyl (C=O) groups is 1. The van der Waals surface area contributed by atoms with E-state index in [1.54, 1.807) is 32.3 Å². The summed E-state index contributed by atoms with van der Waals surface area (Å²) in [6.07, 6.45) is 0. The average Bonchev–Trinajstić information content (AvgIpc) is 2.39. The Morgan fingerprint density at radius 3 is 2.70 bits per heavy atom. The highest BCUT2D eigenvalue weighted by Gasteiger charge is 2.37. The first kappa shape index (κ1) is 15.1. The van der Waals surface area contributed by atoms with Crippen LogP contribution in [0.4, 0.5) is 5.69 Å². The Hall–Kier alpha value is -1.30. The van der Waals surface area contributed by atoms with Gasteiger partial charge >= 0.3 is 0 Å². The van der Waals surface area contributed by atoms with Crippen molar-refractivity contribution in [3.05, 3.63) is 28.8 Å². The number of aliphatic hydroxyl groups is 1. The molecule has 1 aliphatic heterocycles. The van der Waals surface area contributed by atoms with Gasteiger partial charge in [0.05, 0.1) is 35.9 Å². The predicted molar refractivity (Wildman–Crippen MR) is 78.3 cm³/mol. The number of benzene rings is 1. The van der Waals surface area contributed by atoms with Gasteiger partial charge in [0.2, 0.25) is 0 Å². The number of carbonyl (C=O) groups excluding carboxylic acids is 1. The van der Waals surface area contributed by atoms with Crippen LogP contribution in [0.2, 0.25) is 5.02 Å². The minimum atomic E-state index is -0.245. The third kappa shape index (κ3) is 3.06. The Morgan fingerprint density at radius 2 is 2.20 bits per heavy atom. The Kier molecular flexibility index (Phi) is 4.52. The van der Waals surface area contributed by atoms with Crippen molar-refractivity contribution >= 4 is 23.2 Å². The summed E-state index contributed by atoms with van der Waals surface area (Å²) in [7, 11) is 3.41. The molecular weight excluding hydrogens is 280 g/mol. The molecule has 1 aliphatic rings. The van der Waals surface area contributed by atoms with Gasteiger partial charge in [0.25, 0.3) is 5.91 Å². The van der Waals surface area contributed by atoms with E-state index in [-0.39, 0.29) is 17.9 Å². The van der Waals surface area contributed by atoms with Gasteiger partial charge in [-0.3, -0.25) is 4.79 Å². The lowest BCUT2D eigenvalue weighted by atomic mass is 9.87. The first-order valence-electron chi connectivity index (χ1n) is 6.41. The summed E-state index contributed by atoms with van der Waals surface area (Å²) < 4.78 is 5.15. The third-order valence-corrected chi connectivity index (χ3v) is 3.75. The summed E-state index contributed by atoms with van der Waals surface area (Å²) in [4.78, 5) is 13.4. The normalized spacial score (nSPS) is 16.4. The molecule has 0 bridgehead atoms. The van der Waals surface area contributed by atoms with Gasteiger partial charge in [-0.25, -0.2) is 0 Å². The number of nitrogens with one attached hydrogen (secondary N) is 1. The Morgan fingerprint density at radius 1 is 1.50 bits per heavy atom. The van der Waals surface area contributed by atoms with Crippen molar-refractivity contribution < 1.29 is 14.6 Å². The standard InChI is InChI=1S/C14H19ClN2O3/c1-17(2)13(19)10-3-4-11(15)12(5-10)16-6-14(7-18)8-20-9-14/h3-5,16,18H,6-9H2,1-2H3. The highest BCUT2D eigenvalue weighted by Crippen LogP contribution is 2.29. The summed E-state index contributed by atoms with van der Waals surface area (Å²) in [6, 6.07) is 5.13. The predicted octanol–water partition coefficient (Wildman–Crippen LogP) is 1.46. The van der Waals surface area contributed by atoms with Gasteiger partial charge in [-0.15, -0.1) is 0 Å². The van der Waals surface area contributed by atoms with Crippen molar-refractivity contribution in [2.24, 2.45) is 5.41 Å². The number of ether oxygens (including phenoxy) is 1. The Labute approximate surface area is 123 Å². The number of aliphatic hydroxyl groups excluding tert-OH is 1. The highest BCUT2D eigenvalue weighted by molar-refractivity contribution is 6.33. The fourth-order valence-electron chi connectivity index (χ4n) is 1.97. The van der Waals surface area contributed by atoms with E-state index in [1.807, 2.05) is 0 Å². The second-order valence-corrected chi connectivity index (χ2v) is 5.81. The monoisotopic (exact) mass is 298 g/mol. The molecule has 1 aromatic rings. The SMILES string of the molecule is CN(C)C(=O)c1ccc(Cl)c(NCC2(CO)COC2)c1. The molecule has 0 spiro atoms. The summed E-state index contributed by atoms with van der Waals surface area (Å²) in [5.74, 6) is -0.0754. The molecule has 1 aromatic carbocycles. The molecule has 0 saturated carbocycles. The van der Waals surface area contributed by atoms with Crippen molar-refractivity contribution in [2.45, 2.75) is 0 Å². The lowest BCUT2D eigenvalue weighted by Crippen LogP contribution is -2.50. The van der Waals surface area contributed by atoms with Crippen LogP contribution < -0.4 is 5.32 Å². The maximum atomic E-state index is 11.9. The van der Waals surface area contributed by atoms with Crippen LogP contribution in [0.1, 0.15) is 10.4 Å². The molecule has 0 unspecified atom stereocenters. The van der Waals surface area contributed by atoms with Gasteiger partial charge in [0.1, 0.15) is 0 Å². The molecule has 0 aromatic heterocycles. The number of halogens is 1. The van der Waals surface area contributed by atoms with Crippen LogP contribution in [0.5, 0.6) is 0 Å². The van der Waals surface area contributed by atoms with Crippen LogP contribution in [-0.2, 0) is 4.74 Å². The average molecular weight is 299 g/mol. The van der Waals surface area contributed by atoms with E-state index in [4.69, 9.17) is 16.3 Å². The molecular formula is C14H19ClN2O3. The van der Waals surface area contributed by atoms with Crippen molar-refractivity contribution in [3.63, 3.8) is 0 Å². The number of rotatable bonds is 5. The highest BCUT2D eigenvalue weighted by atomic mass is 35.5. The zero-order valence-electron chi connectivity index (χ0n) is 11.6. The van der Waals surface area contributed by atoms with Gasteiger partial charge in [0, 0.05) is 26.2 Å². The molecule has 5 nitrogen and oxygen atoms in total. The van der Waals surface area contributed by atoms with Gasteiger partial charge < -0.3 is 20.1 Å². The van der Waals surface area contributed by atoms with E-state index in [0.29, 0.717) is 36.0 Å². The summed E-state index contributed by atoms with van der Waals surface area (Å²) in [5, 5.41) is 13.1. The third-order valence-electron chi connectivity index (χ3n) is 3.43. The number of hydrogen-bond donors (Lipinski definition) is 2. The molecule has 0 aliphatic carbocycles. The minimum absolute atomic E-state index is 0.0634. The molecule has 2 N–H and O–H groups in total. The fraction of sp³-hybridized carbons (Fsp3) is 0.500. The Balaban J connectivity index is 2.11.